The van der Waals surface area contributed by atoms with Crippen LogP contribution in [0.25, 0.3) is 0 Å². The topological polar surface area (TPSA) is 102 Å². The Morgan fingerprint density at radius 3 is 2.52 bits per heavy atom. The van der Waals surface area contributed by atoms with E-state index in [0.717, 1.165) is 6.42 Å². The number of anilines is 1. The van der Waals surface area contributed by atoms with Crippen molar-refractivity contribution < 1.29 is 17.9 Å². The van der Waals surface area contributed by atoms with Crippen molar-refractivity contribution in [2.45, 2.75) is 17.4 Å². The van der Waals surface area contributed by atoms with Gasteiger partial charge in [0.05, 0.1) is 12.0 Å². The molecule has 9 heteroatoms. The number of carbonyl (C=O) groups excluding carboxylic acids is 1. The van der Waals surface area contributed by atoms with E-state index in [1.165, 1.54) is 19.2 Å². The first-order valence-corrected chi connectivity index (χ1v) is 9.69. The summed E-state index contributed by atoms with van der Waals surface area (Å²) in [6, 6.07) is 12.5. The number of methoxy groups -OCH3 is 1. The molecular formula is C18H22ClN3O4S. The molecule has 1 aliphatic rings. The molecule has 1 atom stereocenters. The van der Waals surface area contributed by atoms with Crippen molar-refractivity contribution in [2.24, 2.45) is 5.73 Å². The van der Waals surface area contributed by atoms with Crippen LogP contribution in [0.2, 0.25) is 0 Å². The van der Waals surface area contributed by atoms with Gasteiger partial charge < -0.3 is 15.4 Å². The lowest BCUT2D eigenvalue weighted by atomic mass is 10.2. The third-order valence-corrected chi connectivity index (χ3v) is 5.62. The molecule has 1 fully saturated rings. The molecule has 0 aliphatic carbocycles. The molecule has 0 aromatic heterocycles. The number of hydrogen-bond acceptors (Lipinski definition) is 5. The Bertz CT molecular complexity index is 903. The Labute approximate surface area is 165 Å². The molecule has 1 aliphatic heterocycles. The molecule has 0 radical (unpaired) electrons. The fourth-order valence-electron chi connectivity index (χ4n) is 2.82. The molecular weight excluding hydrogens is 390 g/mol. The number of benzene rings is 2. The van der Waals surface area contributed by atoms with Gasteiger partial charge in [0.15, 0.2) is 0 Å². The summed E-state index contributed by atoms with van der Waals surface area (Å²) in [5.41, 5.74) is 6.58. The number of nitrogens with two attached hydrogens (primary N) is 1. The summed E-state index contributed by atoms with van der Waals surface area (Å²) in [6.45, 7) is 1.07. The van der Waals surface area contributed by atoms with E-state index < -0.39 is 10.0 Å². The van der Waals surface area contributed by atoms with E-state index in [1.807, 2.05) is 0 Å². The number of nitrogens with zero attached hydrogens (tertiary/aromatic N) is 1. The number of halogens is 1. The molecule has 2 aromatic rings. The number of rotatable bonds is 5. The predicted molar refractivity (Wildman–Crippen MR) is 106 cm³/mol. The highest BCUT2D eigenvalue weighted by atomic mass is 35.5. The maximum atomic E-state index is 12.6. The quantitative estimate of drug-likeness (QED) is 0.784. The van der Waals surface area contributed by atoms with Crippen LogP contribution < -0.4 is 15.2 Å². The maximum Gasteiger partial charge on any atom is 0.261 e. The van der Waals surface area contributed by atoms with E-state index in [1.54, 1.807) is 41.3 Å². The lowest BCUT2D eigenvalue weighted by Crippen LogP contribution is -2.32. The van der Waals surface area contributed by atoms with Gasteiger partial charge in [0.25, 0.3) is 15.9 Å². The van der Waals surface area contributed by atoms with Gasteiger partial charge in [-0.1, -0.05) is 6.07 Å². The van der Waals surface area contributed by atoms with Crippen molar-refractivity contribution in [3.05, 3.63) is 54.1 Å². The van der Waals surface area contributed by atoms with E-state index in [4.69, 9.17) is 10.5 Å². The van der Waals surface area contributed by atoms with Gasteiger partial charge in [0.2, 0.25) is 0 Å². The van der Waals surface area contributed by atoms with Crippen molar-refractivity contribution in [3.8, 4) is 5.75 Å². The van der Waals surface area contributed by atoms with Crippen LogP contribution in [0.4, 0.5) is 5.69 Å². The summed E-state index contributed by atoms with van der Waals surface area (Å²) in [5.74, 6) is 0.420. The van der Waals surface area contributed by atoms with Crippen LogP contribution in [0.3, 0.4) is 0 Å². The molecule has 0 bridgehead atoms. The lowest BCUT2D eigenvalue weighted by Gasteiger charge is -2.16. The number of carbonyl (C=O) groups is 1. The smallest absolute Gasteiger partial charge is 0.261 e. The fraction of sp³-hybridized carbons (Fsp3) is 0.278. The van der Waals surface area contributed by atoms with Crippen LogP contribution in [0.5, 0.6) is 5.75 Å². The summed E-state index contributed by atoms with van der Waals surface area (Å²) < 4.78 is 32.8. The highest BCUT2D eigenvalue weighted by Crippen LogP contribution is 2.21. The minimum atomic E-state index is -3.81. The first-order chi connectivity index (χ1) is 12.4. The zero-order valence-corrected chi connectivity index (χ0v) is 16.4. The van der Waals surface area contributed by atoms with Crippen LogP contribution in [0.15, 0.2) is 53.4 Å². The summed E-state index contributed by atoms with van der Waals surface area (Å²) >= 11 is 0. The minimum absolute atomic E-state index is 0. The largest absolute Gasteiger partial charge is 0.497 e. The van der Waals surface area contributed by atoms with E-state index in [9.17, 15) is 13.2 Å². The highest BCUT2D eigenvalue weighted by Gasteiger charge is 2.25. The average Bonchev–Trinajstić information content (AvgIpc) is 3.08. The van der Waals surface area contributed by atoms with Crippen molar-refractivity contribution in [1.29, 1.82) is 0 Å². The fourth-order valence-corrected chi connectivity index (χ4v) is 3.93. The number of sulfonamides is 1. The van der Waals surface area contributed by atoms with Gasteiger partial charge in [0.1, 0.15) is 5.75 Å². The Balaban J connectivity index is 0.00000261. The van der Waals surface area contributed by atoms with Crippen LogP contribution in [-0.4, -0.2) is 45.5 Å². The van der Waals surface area contributed by atoms with Gasteiger partial charge in [-0.15, -0.1) is 12.4 Å². The summed E-state index contributed by atoms with van der Waals surface area (Å²) in [5, 5.41) is 0. The number of hydrogen-bond donors (Lipinski definition) is 2. The Hall–Kier alpha value is -2.29. The van der Waals surface area contributed by atoms with Gasteiger partial charge in [-0.05, 0) is 48.9 Å². The number of likely N-dealkylation sites (tertiary alicyclic amines) is 1. The van der Waals surface area contributed by atoms with Crippen molar-refractivity contribution in [3.63, 3.8) is 0 Å². The van der Waals surface area contributed by atoms with Crippen LogP contribution in [0, 0.1) is 0 Å². The summed E-state index contributed by atoms with van der Waals surface area (Å²) in [4.78, 5) is 14.2. The second-order valence-corrected chi connectivity index (χ2v) is 7.84. The lowest BCUT2D eigenvalue weighted by molar-refractivity contribution is 0.0790. The van der Waals surface area contributed by atoms with Crippen LogP contribution in [-0.2, 0) is 10.0 Å². The van der Waals surface area contributed by atoms with Gasteiger partial charge in [0, 0.05) is 30.4 Å². The van der Waals surface area contributed by atoms with Crippen LogP contribution >= 0.6 is 12.4 Å². The van der Waals surface area contributed by atoms with Gasteiger partial charge >= 0.3 is 0 Å². The van der Waals surface area contributed by atoms with Gasteiger partial charge in [-0.2, -0.15) is 0 Å². The van der Waals surface area contributed by atoms with Crippen LogP contribution in [0.1, 0.15) is 16.8 Å². The Kier molecular flexibility index (Phi) is 6.69. The molecule has 3 N–H and O–H groups in total. The molecule has 0 saturated carbocycles. The molecule has 1 amide bonds. The Morgan fingerprint density at radius 2 is 1.93 bits per heavy atom. The zero-order chi connectivity index (χ0) is 18.7. The first-order valence-electron chi connectivity index (χ1n) is 8.21. The molecule has 7 nitrogen and oxygen atoms in total. The summed E-state index contributed by atoms with van der Waals surface area (Å²) in [6.07, 6.45) is 0.753. The van der Waals surface area contributed by atoms with Gasteiger partial charge in [-0.25, -0.2) is 8.42 Å². The third kappa shape index (κ3) is 4.91. The zero-order valence-electron chi connectivity index (χ0n) is 14.8. The van der Waals surface area contributed by atoms with Gasteiger partial charge in [-0.3, -0.25) is 9.52 Å². The minimum Gasteiger partial charge on any atom is -0.497 e. The molecule has 27 heavy (non-hydrogen) atoms. The molecule has 0 unspecified atom stereocenters. The second kappa shape index (κ2) is 8.60. The van der Waals surface area contributed by atoms with E-state index in [-0.39, 0.29) is 29.3 Å². The summed E-state index contributed by atoms with van der Waals surface area (Å²) in [7, 11) is -2.27. The van der Waals surface area contributed by atoms with E-state index in [0.29, 0.717) is 30.1 Å². The average molecular weight is 412 g/mol. The number of amides is 1. The highest BCUT2D eigenvalue weighted by molar-refractivity contribution is 7.92. The molecule has 3 rings (SSSR count). The predicted octanol–water partition coefficient (Wildman–Crippen LogP) is 2.09. The molecule has 0 spiro atoms. The van der Waals surface area contributed by atoms with E-state index in [2.05, 4.69) is 4.72 Å². The molecule has 2 aromatic carbocycles. The molecule has 1 saturated heterocycles. The number of ether oxygens (including phenoxy) is 1. The first kappa shape index (κ1) is 21.0. The van der Waals surface area contributed by atoms with Crippen molar-refractivity contribution in [1.82, 2.24) is 4.90 Å². The second-order valence-electron chi connectivity index (χ2n) is 6.16. The number of nitrogens with one attached hydrogen (secondary N) is 1. The third-order valence-electron chi connectivity index (χ3n) is 4.25. The Morgan fingerprint density at radius 1 is 1.22 bits per heavy atom. The maximum absolute atomic E-state index is 12.6. The van der Waals surface area contributed by atoms with Crippen molar-refractivity contribution in [2.75, 3.05) is 24.9 Å². The van der Waals surface area contributed by atoms with E-state index >= 15 is 0 Å². The standard InChI is InChI=1S/C18H21N3O4S.ClH/c1-25-16-7-5-15(6-8-16)20-26(23,24)17-4-2-3-13(11-17)18(22)21-10-9-14(19)12-21;/h2-8,11,14,20H,9-10,12,19H2,1H3;1H/t14-;/m1./s1. The van der Waals surface area contributed by atoms with Crippen molar-refractivity contribution >= 4 is 34.0 Å². The normalized spacial score (nSPS) is 16.5. The SMILES string of the molecule is COc1ccc(NS(=O)(=O)c2cccc(C(=O)N3CC[C@@H](N)C3)c2)cc1.Cl. The molecule has 146 valence electrons. The monoisotopic (exact) mass is 411 g/mol. The molecule has 1 heterocycles.